The number of nitrogens with one attached hydrogen (secondary N) is 1. The number of aromatic nitrogens is 1. The lowest BCUT2D eigenvalue weighted by molar-refractivity contribution is -0.286. The van der Waals surface area contributed by atoms with Gasteiger partial charge in [0.25, 0.3) is 5.91 Å². The summed E-state index contributed by atoms with van der Waals surface area (Å²) in [5.41, 5.74) is 2.40. The average Bonchev–Trinajstić information content (AvgIpc) is 3.19. The molecule has 0 aliphatic carbocycles. The molecule has 0 atom stereocenters. The molecule has 29 heavy (non-hydrogen) atoms. The van der Waals surface area contributed by atoms with E-state index in [1.807, 2.05) is 13.0 Å². The first-order valence-corrected chi connectivity index (χ1v) is 9.48. The van der Waals surface area contributed by atoms with E-state index in [-0.39, 0.29) is 23.5 Å². The highest BCUT2D eigenvalue weighted by Crippen LogP contribution is 2.43. The van der Waals surface area contributed by atoms with Crippen LogP contribution in [0.15, 0.2) is 24.3 Å². The van der Waals surface area contributed by atoms with Crippen molar-refractivity contribution in [2.24, 2.45) is 0 Å². The minimum atomic E-state index is -3.63. The van der Waals surface area contributed by atoms with Crippen LogP contribution >= 0.6 is 0 Å². The summed E-state index contributed by atoms with van der Waals surface area (Å²) in [6.45, 7) is 3.92. The standard InChI is InChI=1S/C20H19F2N3O4/c1-11-8-14-15(10-23-19(14)26)24-18(11)25-6-4-12(5-7-25)27-13-2-3-16-17(9-13)29-20(21,22)28-16/h2-3,8-9,12H,4-7,10H2,1H3,(H,23,26). The summed E-state index contributed by atoms with van der Waals surface area (Å²) >= 11 is 0. The highest BCUT2D eigenvalue weighted by atomic mass is 19.3. The number of carbonyl (C=O) groups is 1. The predicted molar refractivity (Wildman–Crippen MR) is 98.7 cm³/mol. The fourth-order valence-corrected chi connectivity index (χ4v) is 3.93. The molecular formula is C20H19F2N3O4. The van der Waals surface area contributed by atoms with Gasteiger partial charge in [-0.15, -0.1) is 8.78 Å². The zero-order chi connectivity index (χ0) is 20.2. The summed E-state index contributed by atoms with van der Waals surface area (Å²) < 4.78 is 41.1. The van der Waals surface area contributed by atoms with Gasteiger partial charge in [-0.1, -0.05) is 0 Å². The van der Waals surface area contributed by atoms with Crippen LogP contribution in [0, 0.1) is 6.92 Å². The number of alkyl halides is 2. The van der Waals surface area contributed by atoms with Gasteiger partial charge in [0.2, 0.25) is 0 Å². The first kappa shape index (κ1) is 18.0. The van der Waals surface area contributed by atoms with E-state index in [0.717, 1.165) is 43.0 Å². The Morgan fingerprint density at radius 2 is 1.97 bits per heavy atom. The Morgan fingerprint density at radius 1 is 1.21 bits per heavy atom. The van der Waals surface area contributed by atoms with Crippen LogP contribution in [-0.4, -0.2) is 36.4 Å². The van der Waals surface area contributed by atoms with Gasteiger partial charge in [-0.05, 0) is 30.7 Å². The minimum absolute atomic E-state index is 0.00306. The first-order valence-electron chi connectivity index (χ1n) is 9.48. The number of nitrogens with zero attached hydrogens (tertiary/aromatic N) is 2. The molecule has 152 valence electrons. The van der Waals surface area contributed by atoms with Crippen LogP contribution in [0.5, 0.6) is 17.2 Å². The Hall–Kier alpha value is -3.10. The molecule has 0 radical (unpaired) electrons. The fourth-order valence-electron chi connectivity index (χ4n) is 3.93. The van der Waals surface area contributed by atoms with Crippen molar-refractivity contribution >= 4 is 11.7 Å². The average molecular weight is 403 g/mol. The second kappa shape index (κ2) is 6.47. The highest BCUT2D eigenvalue weighted by Gasteiger charge is 2.43. The van der Waals surface area contributed by atoms with Gasteiger partial charge in [0.1, 0.15) is 17.7 Å². The van der Waals surface area contributed by atoms with Crippen LogP contribution in [0.2, 0.25) is 0 Å². The first-order chi connectivity index (χ1) is 13.9. The smallest absolute Gasteiger partial charge is 0.490 e. The molecule has 0 unspecified atom stereocenters. The molecule has 9 heteroatoms. The number of fused-ring (bicyclic) bond motifs is 2. The summed E-state index contributed by atoms with van der Waals surface area (Å²) in [5, 5.41) is 2.79. The molecule has 1 saturated heterocycles. The molecule has 0 saturated carbocycles. The Kier molecular flexibility index (Phi) is 4.01. The van der Waals surface area contributed by atoms with E-state index in [2.05, 4.69) is 24.7 Å². The number of amides is 1. The maximum atomic E-state index is 13.1. The van der Waals surface area contributed by atoms with Crippen molar-refractivity contribution in [2.45, 2.75) is 38.7 Å². The minimum Gasteiger partial charge on any atom is -0.490 e. The lowest BCUT2D eigenvalue weighted by Crippen LogP contribution is -2.39. The van der Waals surface area contributed by atoms with Crippen molar-refractivity contribution in [1.82, 2.24) is 10.3 Å². The number of ether oxygens (including phenoxy) is 3. The van der Waals surface area contributed by atoms with Gasteiger partial charge in [-0.3, -0.25) is 4.79 Å². The summed E-state index contributed by atoms with van der Waals surface area (Å²) in [4.78, 5) is 18.7. The predicted octanol–water partition coefficient (Wildman–Crippen LogP) is 3.00. The Labute approximate surface area is 165 Å². The largest absolute Gasteiger partial charge is 0.586 e. The van der Waals surface area contributed by atoms with Crippen molar-refractivity contribution in [3.8, 4) is 17.2 Å². The summed E-state index contributed by atoms with van der Waals surface area (Å²) in [6.07, 6.45) is -2.14. The third kappa shape index (κ3) is 3.30. The van der Waals surface area contributed by atoms with Gasteiger partial charge >= 0.3 is 6.29 Å². The third-order valence-electron chi connectivity index (χ3n) is 5.34. The molecule has 1 aromatic carbocycles. The number of hydrogen-bond donors (Lipinski definition) is 1. The normalized spacial score (nSPS) is 19.8. The van der Waals surface area contributed by atoms with Crippen molar-refractivity contribution < 1.29 is 27.8 Å². The number of aryl methyl sites for hydroxylation is 1. The summed E-state index contributed by atoms with van der Waals surface area (Å²) in [6, 6.07) is 6.35. The van der Waals surface area contributed by atoms with E-state index in [1.54, 1.807) is 6.07 Å². The van der Waals surface area contributed by atoms with Crippen molar-refractivity contribution in [3.63, 3.8) is 0 Å². The molecule has 7 nitrogen and oxygen atoms in total. The number of pyridine rings is 1. The molecule has 1 N–H and O–H groups in total. The van der Waals surface area contributed by atoms with Gasteiger partial charge in [-0.2, -0.15) is 0 Å². The van der Waals surface area contributed by atoms with Crippen LogP contribution in [0.25, 0.3) is 0 Å². The van der Waals surface area contributed by atoms with E-state index in [4.69, 9.17) is 4.74 Å². The van der Waals surface area contributed by atoms with Crippen LogP contribution in [0.1, 0.15) is 34.5 Å². The topological polar surface area (TPSA) is 72.9 Å². The van der Waals surface area contributed by atoms with Gasteiger partial charge in [0.05, 0.1) is 17.8 Å². The second-order valence-corrected chi connectivity index (χ2v) is 7.39. The maximum Gasteiger partial charge on any atom is 0.586 e. The number of carbonyl (C=O) groups excluding carboxylic acids is 1. The van der Waals surface area contributed by atoms with E-state index < -0.39 is 6.29 Å². The van der Waals surface area contributed by atoms with E-state index in [0.29, 0.717) is 17.9 Å². The molecule has 1 fully saturated rings. The van der Waals surface area contributed by atoms with Crippen LogP contribution < -0.4 is 24.4 Å². The van der Waals surface area contributed by atoms with Crippen LogP contribution in [0.3, 0.4) is 0 Å². The zero-order valence-electron chi connectivity index (χ0n) is 15.7. The number of piperidine rings is 1. The number of anilines is 1. The molecule has 2 aromatic rings. The molecule has 1 aromatic heterocycles. The molecule has 0 bridgehead atoms. The van der Waals surface area contributed by atoms with Crippen LogP contribution in [0.4, 0.5) is 14.6 Å². The van der Waals surface area contributed by atoms with Gasteiger partial charge in [-0.25, -0.2) is 4.98 Å². The number of rotatable bonds is 3. The Balaban J connectivity index is 1.24. The zero-order valence-corrected chi connectivity index (χ0v) is 15.7. The molecule has 5 rings (SSSR count). The lowest BCUT2D eigenvalue weighted by Gasteiger charge is -2.34. The van der Waals surface area contributed by atoms with Gasteiger partial charge < -0.3 is 24.4 Å². The molecule has 3 aliphatic heterocycles. The molecule has 4 heterocycles. The summed E-state index contributed by atoms with van der Waals surface area (Å²) in [5.74, 6) is 1.27. The molecule has 0 spiro atoms. The van der Waals surface area contributed by atoms with Crippen LogP contribution in [-0.2, 0) is 6.54 Å². The lowest BCUT2D eigenvalue weighted by atomic mass is 10.1. The number of benzene rings is 1. The van der Waals surface area contributed by atoms with Crippen molar-refractivity contribution in [2.75, 3.05) is 18.0 Å². The number of hydrogen-bond acceptors (Lipinski definition) is 6. The van der Waals surface area contributed by atoms with Gasteiger partial charge in [0.15, 0.2) is 11.5 Å². The Morgan fingerprint density at radius 3 is 2.76 bits per heavy atom. The van der Waals surface area contributed by atoms with Crippen molar-refractivity contribution in [1.29, 1.82) is 0 Å². The van der Waals surface area contributed by atoms with E-state index >= 15 is 0 Å². The van der Waals surface area contributed by atoms with E-state index in [1.165, 1.54) is 12.1 Å². The quantitative estimate of drug-likeness (QED) is 0.850. The van der Waals surface area contributed by atoms with E-state index in [9.17, 15) is 13.6 Å². The molecular weight excluding hydrogens is 384 g/mol. The summed E-state index contributed by atoms with van der Waals surface area (Å²) in [7, 11) is 0. The molecule has 1 amide bonds. The fraction of sp³-hybridized carbons (Fsp3) is 0.400. The SMILES string of the molecule is Cc1cc2c(nc1N1CCC(Oc3ccc4c(c3)OC(F)(F)O4)CC1)CNC2=O. The maximum absolute atomic E-state index is 13.1. The third-order valence-corrected chi connectivity index (χ3v) is 5.34. The molecule has 3 aliphatic rings. The second-order valence-electron chi connectivity index (χ2n) is 7.39. The Bertz CT molecular complexity index is 990. The number of halogens is 2. The van der Waals surface area contributed by atoms with Gasteiger partial charge in [0, 0.05) is 32.0 Å². The van der Waals surface area contributed by atoms with Crippen molar-refractivity contribution in [3.05, 3.63) is 41.1 Å². The highest BCUT2D eigenvalue weighted by molar-refractivity contribution is 5.98. The monoisotopic (exact) mass is 403 g/mol.